The molecule has 0 spiro atoms. The molecule has 130 valence electrons. The van der Waals surface area contributed by atoms with Crippen LogP contribution >= 0.6 is 0 Å². The number of nitrogens with zero attached hydrogens (tertiary/aromatic N) is 2. The van der Waals surface area contributed by atoms with Crippen molar-refractivity contribution < 1.29 is 18.7 Å². The SMILES string of the molecule is COC(=O)C(C)(C)CNC(=O)Nc1ccc2oc(N(C)C)nc2c1. The second kappa shape index (κ2) is 6.77. The maximum atomic E-state index is 12.0. The molecule has 0 saturated heterocycles. The highest BCUT2D eigenvalue weighted by Gasteiger charge is 2.29. The van der Waals surface area contributed by atoms with Gasteiger partial charge in [-0.1, -0.05) is 0 Å². The van der Waals surface area contributed by atoms with Gasteiger partial charge in [0.05, 0.1) is 12.5 Å². The van der Waals surface area contributed by atoms with Crippen LogP contribution in [0.4, 0.5) is 16.5 Å². The predicted molar refractivity (Wildman–Crippen MR) is 91.2 cm³/mol. The summed E-state index contributed by atoms with van der Waals surface area (Å²) in [5.41, 5.74) is 1.06. The number of anilines is 2. The fraction of sp³-hybridized carbons (Fsp3) is 0.438. The van der Waals surface area contributed by atoms with Crippen LogP contribution < -0.4 is 15.5 Å². The molecular formula is C16H22N4O4. The summed E-state index contributed by atoms with van der Waals surface area (Å²) in [6.07, 6.45) is 0. The molecule has 8 nitrogen and oxygen atoms in total. The molecule has 24 heavy (non-hydrogen) atoms. The van der Waals surface area contributed by atoms with Crippen molar-refractivity contribution in [2.45, 2.75) is 13.8 Å². The van der Waals surface area contributed by atoms with E-state index in [2.05, 4.69) is 15.6 Å². The molecule has 2 rings (SSSR count). The van der Waals surface area contributed by atoms with Crippen LogP contribution in [0.15, 0.2) is 22.6 Å². The Morgan fingerprint density at radius 2 is 2.04 bits per heavy atom. The van der Waals surface area contributed by atoms with Gasteiger partial charge in [-0.05, 0) is 32.0 Å². The smallest absolute Gasteiger partial charge is 0.319 e. The Labute approximate surface area is 140 Å². The number of hydrogen-bond donors (Lipinski definition) is 2. The van der Waals surface area contributed by atoms with Gasteiger partial charge in [0, 0.05) is 26.3 Å². The third kappa shape index (κ3) is 3.95. The molecule has 0 bridgehead atoms. The summed E-state index contributed by atoms with van der Waals surface area (Å²) in [4.78, 5) is 29.7. The number of rotatable bonds is 5. The molecule has 2 aromatic rings. The topological polar surface area (TPSA) is 96.7 Å². The van der Waals surface area contributed by atoms with Gasteiger partial charge in [0.15, 0.2) is 5.58 Å². The third-order valence-electron chi connectivity index (χ3n) is 3.45. The maximum Gasteiger partial charge on any atom is 0.319 e. The van der Waals surface area contributed by atoms with Gasteiger partial charge in [0.2, 0.25) is 0 Å². The summed E-state index contributed by atoms with van der Waals surface area (Å²) in [7, 11) is 4.99. The maximum absolute atomic E-state index is 12.0. The Hall–Kier alpha value is -2.77. The van der Waals surface area contributed by atoms with Gasteiger partial charge in [-0.25, -0.2) is 4.79 Å². The molecule has 1 aromatic carbocycles. The standard InChI is InChI=1S/C16H22N4O4/c1-16(2,13(21)23-5)9-17-14(22)18-10-6-7-12-11(8-10)19-15(24-12)20(3)4/h6-8H,9H2,1-5H3,(H2,17,18,22). The lowest BCUT2D eigenvalue weighted by Gasteiger charge is -2.21. The quantitative estimate of drug-likeness (QED) is 0.814. The summed E-state index contributed by atoms with van der Waals surface area (Å²) in [5, 5.41) is 5.36. The second-order valence-corrected chi connectivity index (χ2v) is 6.26. The highest BCUT2D eigenvalue weighted by atomic mass is 16.5. The average molecular weight is 334 g/mol. The van der Waals surface area contributed by atoms with E-state index in [0.717, 1.165) is 0 Å². The summed E-state index contributed by atoms with van der Waals surface area (Å²) < 4.78 is 10.3. The first-order valence-electron chi connectivity index (χ1n) is 7.44. The van der Waals surface area contributed by atoms with Crippen LogP contribution in [0.2, 0.25) is 0 Å². The number of carbonyl (C=O) groups is 2. The largest absolute Gasteiger partial charge is 0.469 e. The lowest BCUT2D eigenvalue weighted by molar-refractivity contribution is -0.150. The monoisotopic (exact) mass is 334 g/mol. The first-order chi connectivity index (χ1) is 11.2. The fourth-order valence-electron chi connectivity index (χ4n) is 2.01. The van der Waals surface area contributed by atoms with Crippen molar-refractivity contribution in [3.05, 3.63) is 18.2 Å². The minimum absolute atomic E-state index is 0.155. The van der Waals surface area contributed by atoms with E-state index in [1.54, 1.807) is 36.9 Å². The van der Waals surface area contributed by atoms with Crippen molar-refractivity contribution in [3.8, 4) is 0 Å². The van der Waals surface area contributed by atoms with Crippen LogP contribution in [-0.2, 0) is 9.53 Å². The summed E-state index contributed by atoms with van der Waals surface area (Å²) in [6, 6.07) is 5.26. The number of urea groups is 1. The Morgan fingerprint density at radius 1 is 1.33 bits per heavy atom. The predicted octanol–water partition coefficient (Wildman–Crippen LogP) is 2.21. The minimum Gasteiger partial charge on any atom is -0.469 e. The number of hydrogen-bond acceptors (Lipinski definition) is 6. The highest BCUT2D eigenvalue weighted by Crippen LogP contribution is 2.23. The van der Waals surface area contributed by atoms with E-state index in [-0.39, 0.29) is 12.5 Å². The lowest BCUT2D eigenvalue weighted by atomic mass is 9.94. The number of nitrogens with one attached hydrogen (secondary N) is 2. The molecule has 1 heterocycles. The van der Waals surface area contributed by atoms with Crippen molar-refractivity contribution in [1.29, 1.82) is 0 Å². The summed E-state index contributed by atoms with van der Waals surface area (Å²) >= 11 is 0. The van der Waals surface area contributed by atoms with E-state index in [4.69, 9.17) is 9.15 Å². The van der Waals surface area contributed by atoms with Gasteiger partial charge in [0.1, 0.15) is 5.52 Å². The number of methoxy groups -OCH3 is 1. The number of benzene rings is 1. The van der Waals surface area contributed by atoms with Crippen LogP contribution in [0.5, 0.6) is 0 Å². The van der Waals surface area contributed by atoms with Crippen molar-refractivity contribution in [1.82, 2.24) is 10.3 Å². The Kier molecular flexibility index (Phi) is 4.96. The van der Waals surface area contributed by atoms with Crippen molar-refractivity contribution >= 4 is 34.8 Å². The zero-order valence-electron chi connectivity index (χ0n) is 14.5. The van der Waals surface area contributed by atoms with Crippen LogP contribution in [0.25, 0.3) is 11.1 Å². The van der Waals surface area contributed by atoms with Gasteiger partial charge in [-0.2, -0.15) is 4.98 Å². The normalized spacial score (nSPS) is 11.2. The third-order valence-corrected chi connectivity index (χ3v) is 3.45. The number of amides is 2. The summed E-state index contributed by atoms with van der Waals surface area (Å²) in [5.74, 6) is -0.386. The van der Waals surface area contributed by atoms with Crippen LogP contribution in [0.3, 0.4) is 0 Å². The van der Waals surface area contributed by atoms with Crippen LogP contribution in [-0.4, -0.2) is 44.7 Å². The summed E-state index contributed by atoms with van der Waals surface area (Å²) in [6.45, 7) is 3.55. The lowest BCUT2D eigenvalue weighted by Crippen LogP contribution is -2.41. The van der Waals surface area contributed by atoms with Gasteiger partial charge >= 0.3 is 12.0 Å². The zero-order chi connectivity index (χ0) is 17.9. The first-order valence-corrected chi connectivity index (χ1v) is 7.44. The number of esters is 1. The molecule has 0 aliphatic carbocycles. The Morgan fingerprint density at radius 3 is 2.67 bits per heavy atom. The molecule has 0 saturated carbocycles. The molecule has 0 radical (unpaired) electrons. The van der Waals surface area contributed by atoms with E-state index in [1.807, 2.05) is 14.1 Å². The van der Waals surface area contributed by atoms with Gasteiger partial charge < -0.3 is 24.7 Å². The van der Waals surface area contributed by atoms with E-state index in [0.29, 0.717) is 22.8 Å². The molecule has 0 atom stereocenters. The molecule has 8 heteroatoms. The van der Waals surface area contributed by atoms with Crippen molar-refractivity contribution in [2.75, 3.05) is 38.0 Å². The number of fused-ring (bicyclic) bond motifs is 1. The number of oxazole rings is 1. The van der Waals surface area contributed by atoms with Crippen LogP contribution in [0, 0.1) is 5.41 Å². The molecule has 0 fully saturated rings. The van der Waals surface area contributed by atoms with Gasteiger partial charge in [-0.3, -0.25) is 4.79 Å². The first kappa shape index (κ1) is 17.6. The van der Waals surface area contributed by atoms with E-state index < -0.39 is 11.4 Å². The molecule has 0 aliphatic heterocycles. The second-order valence-electron chi connectivity index (χ2n) is 6.26. The van der Waals surface area contributed by atoms with Crippen molar-refractivity contribution in [3.63, 3.8) is 0 Å². The number of ether oxygens (including phenoxy) is 1. The highest BCUT2D eigenvalue weighted by molar-refractivity contribution is 5.92. The van der Waals surface area contributed by atoms with Crippen molar-refractivity contribution in [2.24, 2.45) is 5.41 Å². The van der Waals surface area contributed by atoms with E-state index in [1.165, 1.54) is 7.11 Å². The number of aromatic nitrogens is 1. The van der Waals surface area contributed by atoms with E-state index >= 15 is 0 Å². The molecule has 2 N–H and O–H groups in total. The minimum atomic E-state index is -0.803. The molecule has 1 aromatic heterocycles. The average Bonchev–Trinajstić information content (AvgIpc) is 2.95. The van der Waals surface area contributed by atoms with E-state index in [9.17, 15) is 9.59 Å². The Bertz CT molecular complexity index is 752. The molecule has 0 unspecified atom stereocenters. The fourth-order valence-corrected chi connectivity index (χ4v) is 2.01. The molecule has 0 aliphatic rings. The number of carbonyl (C=O) groups excluding carboxylic acids is 2. The molecule has 2 amide bonds. The molecular weight excluding hydrogens is 312 g/mol. The van der Waals surface area contributed by atoms with Crippen LogP contribution in [0.1, 0.15) is 13.8 Å². The van der Waals surface area contributed by atoms with Gasteiger partial charge in [0.25, 0.3) is 6.01 Å². The Balaban J connectivity index is 2.01. The zero-order valence-corrected chi connectivity index (χ0v) is 14.5. The van der Waals surface area contributed by atoms with Gasteiger partial charge in [-0.15, -0.1) is 0 Å².